The monoisotopic (exact) mass is 482 g/mol. The van der Waals surface area contributed by atoms with Gasteiger partial charge in [-0.25, -0.2) is 9.59 Å². The molecule has 34 heavy (non-hydrogen) atoms. The first-order chi connectivity index (χ1) is 16.5. The summed E-state index contributed by atoms with van der Waals surface area (Å²) in [6, 6.07) is 0. The SMILES string of the molecule is CCCCCCCCCCCCCCCCCOC(=O)/C=C\C(=O)OCC[N+](CC)(CC)CC. The third-order valence-electron chi connectivity index (χ3n) is 7.17. The topological polar surface area (TPSA) is 52.6 Å². The number of hydrogen-bond acceptors (Lipinski definition) is 4. The number of unbranched alkanes of at least 4 members (excludes halogenated alkanes) is 14. The summed E-state index contributed by atoms with van der Waals surface area (Å²) in [4.78, 5) is 23.5. The van der Waals surface area contributed by atoms with Gasteiger partial charge in [-0.1, -0.05) is 96.8 Å². The molecule has 5 heteroatoms. The molecule has 0 aromatic carbocycles. The van der Waals surface area contributed by atoms with Crippen LogP contribution in [0.15, 0.2) is 12.2 Å². The molecule has 200 valence electrons. The Morgan fingerprint density at radius 1 is 0.529 bits per heavy atom. The van der Waals surface area contributed by atoms with Gasteiger partial charge in [0.25, 0.3) is 0 Å². The van der Waals surface area contributed by atoms with Crippen LogP contribution >= 0.6 is 0 Å². The van der Waals surface area contributed by atoms with Crippen molar-refractivity contribution in [2.24, 2.45) is 0 Å². The second kappa shape index (κ2) is 23.4. The van der Waals surface area contributed by atoms with Gasteiger partial charge >= 0.3 is 11.9 Å². The van der Waals surface area contributed by atoms with Crippen LogP contribution in [0.2, 0.25) is 0 Å². The number of carbonyl (C=O) groups excluding carboxylic acids is 2. The molecule has 0 heterocycles. The number of quaternary nitrogens is 1. The minimum Gasteiger partial charge on any atom is -0.463 e. The number of ether oxygens (including phenoxy) is 2. The van der Waals surface area contributed by atoms with Crippen LogP contribution in [0.5, 0.6) is 0 Å². The molecule has 0 aromatic rings. The average molecular weight is 483 g/mol. The molecule has 0 aromatic heterocycles. The fraction of sp³-hybridized carbons (Fsp3) is 0.862. The van der Waals surface area contributed by atoms with Crippen LogP contribution in [-0.4, -0.2) is 55.8 Å². The Hall–Kier alpha value is -1.36. The van der Waals surface area contributed by atoms with Crippen LogP contribution in [0.3, 0.4) is 0 Å². The van der Waals surface area contributed by atoms with Gasteiger partial charge in [-0.05, 0) is 27.2 Å². The molecule has 0 saturated heterocycles. The summed E-state index contributed by atoms with van der Waals surface area (Å²) in [5.41, 5.74) is 0. The Morgan fingerprint density at radius 3 is 1.26 bits per heavy atom. The van der Waals surface area contributed by atoms with E-state index >= 15 is 0 Å². The molecule has 0 bridgehead atoms. The van der Waals surface area contributed by atoms with Gasteiger partial charge in [-0.2, -0.15) is 0 Å². The molecule has 0 radical (unpaired) electrons. The van der Waals surface area contributed by atoms with Crippen LogP contribution in [0.4, 0.5) is 0 Å². The van der Waals surface area contributed by atoms with Crippen molar-refractivity contribution in [3.63, 3.8) is 0 Å². The molecule has 0 saturated carbocycles. The predicted molar refractivity (Wildman–Crippen MR) is 143 cm³/mol. The molecule has 0 atom stereocenters. The normalized spacial score (nSPS) is 11.8. The Morgan fingerprint density at radius 2 is 0.882 bits per heavy atom. The summed E-state index contributed by atoms with van der Waals surface area (Å²) in [6.45, 7) is 13.4. The largest absolute Gasteiger partial charge is 0.463 e. The van der Waals surface area contributed by atoms with E-state index in [1.165, 1.54) is 95.6 Å². The van der Waals surface area contributed by atoms with Crippen molar-refractivity contribution in [2.45, 2.75) is 124 Å². The maximum absolute atomic E-state index is 11.8. The summed E-state index contributed by atoms with van der Waals surface area (Å²) >= 11 is 0. The van der Waals surface area contributed by atoms with E-state index in [0.29, 0.717) is 13.2 Å². The van der Waals surface area contributed by atoms with E-state index in [9.17, 15) is 9.59 Å². The Labute approximate surface area is 211 Å². The van der Waals surface area contributed by atoms with Crippen LogP contribution in [0, 0.1) is 0 Å². The van der Waals surface area contributed by atoms with Gasteiger partial charge in [0.1, 0.15) is 13.2 Å². The molecule has 0 amide bonds. The van der Waals surface area contributed by atoms with Crippen LogP contribution in [0.1, 0.15) is 124 Å². The van der Waals surface area contributed by atoms with E-state index in [2.05, 4.69) is 27.7 Å². The van der Waals surface area contributed by atoms with Crippen molar-refractivity contribution in [3.8, 4) is 0 Å². The summed E-state index contributed by atoms with van der Waals surface area (Å²) in [7, 11) is 0. The van der Waals surface area contributed by atoms with Crippen molar-refractivity contribution < 1.29 is 23.5 Å². The number of rotatable bonds is 24. The van der Waals surface area contributed by atoms with E-state index in [-0.39, 0.29) is 0 Å². The molecule has 0 rings (SSSR count). The van der Waals surface area contributed by atoms with Crippen molar-refractivity contribution in [1.82, 2.24) is 0 Å². The molecule has 0 aliphatic rings. The number of nitrogens with zero attached hydrogens (tertiary/aromatic N) is 1. The summed E-state index contributed by atoms with van der Waals surface area (Å²) < 4.78 is 11.3. The van der Waals surface area contributed by atoms with Gasteiger partial charge in [0, 0.05) is 12.2 Å². The van der Waals surface area contributed by atoms with E-state index in [4.69, 9.17) is 9.47 Å². The lowest BCUT2D eigenvalue weighted by Gasteiger charge is -2.35. The Bertz CT molecular complexity index is 506. The molecule has 0 unspecified atom stereocenters. The molecular weight excluding hydrogens is 426 g/mol. The lowest BCUT2D eigenvalue weighted by atomic mass is 10.0. The highest BCUT2D eigenvalue weighted by molar-refractivity contribution is 5.91. The van der Waals surface area contributed by atoms with Crippen molar-refractivity contribution in [2.75, 3.05) is 39.4 Å². The average Bonchev–Trinajstić information content (AvgIpc) is 2.85. The molecule has 0 spiro atoms. The third-order valence-corrected chi connectivity index (χ3v) is 7.17. The zero-order valence-corrected chi connectivity index (χ0v) is 23.1. The summed E-state index contributed by atoms with van der Waals surface area (Å²) in [5.74, 6) is -0.951. The summed E-state index contributed by atoms with van der Waals surface area (Å²) in [5, 5.41) is 0. The minimum atomic E-state index is -0.481. The first-order valence-corrected chi connectivity index (χ1v) is 14.4. The highest BCUT2D eigenvalue weighted by Crippen LogP contribution is 2.13. The first kappa shape index (κ1) is 32.6. The van der Waals surface area contributed by atoms with E-state index < -0.39 is 11.9 Å². The van der Waals surface area contributed by atoms with Gasteiger partial charge < -0.3 is 14.0 Å². The van der Waals surface area contributed by atoms with Gasteiger partial charge in [0.05, 0.1) is 26.2 Å². The quantitative estimate of drug-likeness (QED) is 0.0623. The number of carbonyl (C=O) groups is 2. The van der Waals surface area contributed by atoms with Crippen molar-refractivity contribution >= 4 is 11.9 Å². The zero-order valence-electron chi connectivity index (χ0n) is 23.1. The predicted octanol–water partition coefficient (Wildman–Crippen LogP) is 7.38. The molecule has 5 nitrogen and oxygen atoms in total. The zero-order chi connectivity index (χ0) is 25.3. The molecule has 0 N–H and O–H groups in total. The number of hydrogen-bond donors (Lipinski definition) is 0. The first-order valence-electron chi connectivity index (χ1n) is 14.4. The van der Waals surface area contributed by atoms with Crippen LogP contribution < -0.4 is 0 Å². The van der Waals surface area contributed by atoms with E-state index in [1.807, 2.05) is 0 Å². The summed E-state index contributed by atoms with van der Waals surface area (Å²) in [6.07, 6.45) is 22.0. The van der Waals surface area contributed by atoms with Crippen molar-refractivity contribution in [1.29, 1.82) is 0 Å². The molecule has 0 fully saturated rings. The highest BCUT2D eigenvalue weighted by Gasteiger charge is 2.20. The Balaban J connectivity index is 3.53. The van der Waals surface area contributed by atoms with Gasteiger partial charge in [0.15, 0.2) is 0 Å². The standard InChI is InChI=1S/C29H56NO4/c1-5-9-10-11-12-13-14-15-16-17-18-19-20-21-22-26-33-28(31)23-24-29(32)34-27-25-30(6-2,7-3)8-4/h23-24H,5-22,25-27H2,1-4H3/q+1/b24-23-. The second-order valence-electron chi connectivity index (χ2n) is 9.63. The third kappa shape index (κ3) is 19.0. The molecule has 0 aliphatic carbocycles. The maximum Gasteiger partial charge on any atom is 0.331 e. The Kier molecular flexibility index (Phi) is 22.4. The van der Waals surface area contributed by atoms with Crippen molar-refractivity contribution in [3.05, 3.63) is 12.2 Å². The fourth-order valence-electron chi connectivity index (χ4n) is 4.36. The van der Waals surface area contributed by atoms with Gasteiger partial charge in [-0.3, -0.25) is 0 Å². The lowest BCUT2D eigenvalue weighted by molar-refractivity contribution is -0.923. The lowest BCUT2D eigenvalue weighted by Crippen LogP contribution is -2.49. The fourth-order valence-corrected chi connectivity index (χ4v) is 4.36. The smallest absolute Gasteiger partial charge is 0.331 e. The second-order valence-corrected chi connectivity index (χ2v) is 9.63. The van der Waals surface area contributed by atoms with Gasteiger partial charge in [-0.15, -0.1) is 0 Å². The highest BCUT2D eigenvalue weighted by atomic mass is 16.5. The van der Waals surface area contributed by atoms with E-state index in [0.717, 1.165) is 43.5 Å². The number of esters is 2. The molecular formula is C29H56NO4+. The van der Waals surface area contributed by atoms with Crippen LogP contribution in [-0.2, 0) is 19.1 Å². The maximum atomic E-state index is 11.8. The molecule has 0 aliphatic heterocycles. The van der Waals surface area contributed by atoms with Gasteiger partial charge in [0.2, 0.25) is 0 Å². The number of likely N-dealkylation sites (N-methyl/N-ethyl adjacent to an activating group) is 1. The minimum absolute atomic E-state index is 0.368. The van der Waals surface area contributed by atoms with Crippen LogP contribution in [0.25, 0.3) is 0 Å². The van der Waals surface area contributed by atoms with E-state index in [1.54, 1.807) is 0 Å².